The van der Waals surface area contributed by atoms with Crippen LogP contribution in [0.4, 0.5) is 4.39 Å². The SMILES string of the molecule is Cc1ccc(Oc2cc(Br)cnc2CN)cc1F. The molecule has 1 aromatic carbocycles. The third kappa shape index (κ3) is 2.86. The second-order valence-electron chi connectivity index (χ2n) is 3.82. The molecule has 1 heterocycles. The zero-order valence-electron chi connectivity index (χ0n) is 9.78. The van der Waals surface area contributed by atoms with E-state index >= 15 is 0 Å². The minimum absolute atomic E-state index is 0.261. The van der Waals surface area contributed by atoms with Gasteiger partial charge in [-0.05, 0) is 40.5 Å². The van der Waals surface area contributed by atoms with Crippen LogP contribution in [0.2, 0.25) is 0 Å². The van der Waals surface area contributed by atoms with Crippen LogP contribution >= 0.6 is 15.9 Å². The molecular weight excluding hydrogens is 299 g/mol. The first-order valence-corrected chi connectivity index (χ1v) is 6.18. The first-order valence-electron chi connectivity index (χ1n) is 5.38. The summed E-state index contributed by atoms with van der Waals surface area (Å²) in [6, 6.07) is 6.47. The minimum Gasteiger partial charge on any atom is -0.455 e. The molecule has 0 aliphatic rings. The third-order valence-electron chi connectivity index (χ3n) is 2.46. The Kier molecular flexibility index (Phi) is 3.93. The average molecular weight is 311 g/mol. The summed E-state index contributed by atoms with van der Waals surface area (Å²) in [5.41, 5.74) is 6.78. The van der Waals surface area contributed by atoms with Gasteiger partial charge < -0.3 is 10.5 Å². The Morgan fingerprint density at radius 1 is 1.39 bits per heavy atom. The van der Waals surface area contributed by atoms with Crippen LogP contribution < -0.4 is 10.5 Å². The molecule has 0 atom stereocenters. The van der Waals surface area contributed by atoms with Crippen LogP contribution in [0.3, 0.4) is 0 Å². The number of rotatable bonds is 3. The van der Waals surface area contributed by atoms with Gasteiger partial charge in [-0.3, -0.25) is 4.98 Å². The largest absolute Gasteiger partial charge is 0.455 e. The smallest absolute Gasteiger partial charge is 0.151 e. The molecule has 0 saturated carbocycles. The third-order valence-corrected chi connectivity index (χ3v) is 2.90. The molecule has 0 unspecified atom stereocenters. The summed E-state index contributed by atoms with van der Waals surface area (Å²) in [6.45, 7) is 1.96. The van der Waals surface area contributed by atoms with Crippen LogP contribution in [0, 0.1) is 12.7 Å². The van der Waals surface area contributed by atoms with Crippen molar-refractivity contribution >= 4 is 15.9 Å². The Labute approximate surface area is 113 Å². The van der Waals surface area contributed by atoms with E-state index in [2.05, 4.69) is 20.9 Å². The quantitative estimate of drug-likeness (QED) is 0.943. The summed E-state index contributed by atoms with van der Waals surface area (Å²) in [7, 11) is 0. The highest BCUT2D eigenvalue weighted by Crippen LogP contribution is 2.27. The highest BCUT2D eigenvalue weighted by Gasteiger charge is 2.07. The van der Waals surface area contributed by atoms with Crippen molar-refractivity contribution in [1.29, 1.82) is 0 Å². The van der Waals surface area contributed by atoms with Gasteiger partial charge in [0.1, 0.15) is 11.6 Å². The van der Waals surface area contributed by atoms with Gasteiger partial charge in [0.15, 0.2) is 5.75 Å². The van der Waals surface area contributed by atoms with Gasteiger partial charge in [-0.15, -0.1) is 0 Å². The summed E-state index contributed by atoms with van der Waals surface area (Å²) in [5, 5.41) is 0. The van der Waals surface area contributed by atoms with E-state index in [9.17, 15) is 4.39 Å². The van der Waals surface area contributed by atoms with Gasteiger partial charge in [0.2, 0.25) is 0 Å². The Balaban J connectivity index is 2.33. The molecule has 0 aliphatic carbocycles. The van der Waals surface area contributed by atoms with Crippen LogP contribution in [0.25, 0.3) is 0 Å². The Morgan fingerprint density at radius 3 is 2.83 bits per heavy atom. The normalized spacial score (nSPS) is 10.4. The second kappa shape index (κ2) is 5.46. The van der Waals surface area contributed by atoms with Crippen molar-refractivity contribution in [1.82, 2.24) is 4.98 Å². The number of nitrogens with zero attached hydrogens (tertiary/aromatic N) is 1. The molecule has 2 N–H and O–H groups in total. The molecule has 0 amide bonds. The summed E-state index contributed by atoms with van der Waals surface area (Å²) < 4.78 is 19.8. The van der Waals surface area contributed by atoms with E-state index in [1.165, 1.54) is 6.07 Å². The zero-order chi connectivity index (χ0) is 13.1. The first kappa shape index (κ1) is 13.0. The van der Waals surface area contributed by atoms with Crippen LogP contribution in [0.15, 0.2) is 34.9 Å². The Hall–Kier alpha value is -1.46. The van der Waals surface area contributed by atoms with E-state index in [0.29, 0.717) is 22.8 Å². The number of hydrogen-bond donors (Lipinski definition) is 1. The number of benzene rings is 1. The molecule has 3 nitrogen and oxygen atoms in total. The van der Waals surface area contributed by atoms with Crippen molar-refractivity contribution in [3.63, 3.8) is 0 Å². The van der Waals surface area contributed by atoms with Gasteiger partial charge in [0.25, 0.3) is 0 Å². The molecule has 0 aliphatic heterocycles. The maximum Gasteiger partial charge on any atom is 0.151 e. The van der Waals surface area contributed by atoms with Crippen molar-refractivity contribution in [3.8, 4) is 11.5 Å². The fraction of sp³-hybridized carbons (Fsp3) is 0.154. The van der Waals surface area contributed by atoms with Crippen molar-refractivity contribution in [2.45, 2.75) is 13.5 Å². The molecule has 1 aromatic heterocycles. The number of pyridine rings is 1. The Morgan fingerprint density at radius 2 is 2.17 bits per heavy atom. The van der Waals surface area contributed by atoms with Gasteiger partial charge in [0, 0.05) is 23.3 Å². The lowest BCUT2D eigenvalue weighted by molar-refractivity contribution is 0.466. The second-order valence-corrected chi connectivity index (χ2v) is 4.73. The van der Waals surface area contributed by atoms with Crippen LogP contribution in [0.1, 0.15) is 11.3 Å². The number of aryl methyl sites for hydroxylation is 1. The number of nitrogens with two attached hydrogens (primary N) is 1. The van der Waals surface area contributed by atoms with E-state index < -0.39 is 0 Å². The van der Waals surface area contributed by atoms with Crippen molar-refractivity contribution in [3.05, 3.63) is 52.0 Å². The zero-order valence-corrected chi connectivity index (χ0v) is 11.4. The molecule has 2 aromatic rings. The summed E-state index contributed by atoms with van der Waals surface area (Å²) in [6.07, 6.45) is 1.64. The maximum absolute atomic E-state index is 13.4. The molecule has 0 radical (unpaired) electrons. The molecule has 0 spiro atoms. The highest BCUT2D eigenvalue weighted by molar-refractivity contribution is 9.10. The summed E-state index contributed by atoms with van der Waals surface area (Å²) in [4.78, 5) is 4.14. The molecular formula is C13H12BrFN2O. The molecule has 0 fully saturated rings. The lowest BCUT2D eigenvalue weighted by Gasteiger charge is -2.10. The number of hydrogen-bond acceptors (Lipinski definition) is 3. The van der Waals surface area contributed by atoms with E-state index in [-0.39, 0.29) is 12.4 Å². The summed E-state index contributed by atoms with van der Waals surface area (Å²) in [5.74, 6) is 0.646. The predicted molar refractivity (Wildman–Crippen MR) is 71.0 cm³/mol. The van der Waals surface area contributed by atoms with Gasteiger partial charge in [-0.25, -0.2) is 4.39 Å². The molecule has 0 bridgehead atoms. The van der Waals surface area contributed by atoms with Crippen LogP contribution in [-0.2, 0) is 6.54 Å². The van der Waals surface area contributed by atoms with Gasteiger partial charge >= 0.3 is 0 Å². The monoisotopic (exact) mass is 310 g/mol. The van der Waals surface area contributed by atoms with Gasteiger partial charge in [-0.2, -0.15) is 0 Å². The van der Waals surface area contributed by atoms with Crippen molar-refractivity contribution in [2.75, 3.05) is 0 Å². The fourth-order valence-electron chi connectivity index (χ4n) is 1.45. The Bertz CT molecular complexity index is 575. The molecule has 94 valence electrons. The molecule has 5 heteroatoms. The van der Waals surface area contributed by atoms with Crippen LogP contribution in [-0.4, -0.2) is 4.98 Å². The topological polar surface area (TPSA) is 48.1 Å². The van der Waals surface area contributed by atoms with Crippen molar-refractivity contribution < 1.29 is 9.13 Å². The highest BCUT2D eigenvalue weighted by atomic mass is 79.9. The predicted octanol–water partition coefficient (Wildman–Crippen LogP) is 3.54. The lowest BCUT2D eigenvalue weighted by Crippen LogP contribution is -2.02. The van der Waals surface area contributed by atoms with E-state index in [1.54, 1.807) is 31.3 Å². The summed E-state index contributed by atoms with van der Waals surface area (Å²) >= 11 is 3.31. The lowest BCUT2D eigenvalue weighted by atomic mass is 10.2. The maximum atomic E-state index is 13.4. The molecule has 18 heavy (non-hydrogen) atoms. The van der Waals surface area contributed by atoms with Gasteiger partial charge in [-0.1, -0.05) is 6.07 Å². The van der Waals surface area contributed by atoms with E-state index in [0.717, 1.165) is 4.47 Å². The number of ether oxygens (including phenoxy) is 1. The number of halogens is 2. The fourth-order valence-corrected chi connectivity index (χ4v) is 1.77. The number of aromatic nitrogens is 1. The standard InChI is InChI=1S/C13H12BrFN2O/c1-8-2-3-10(5-11(8)15)18-13-4-9(14)7-17-12(13)6-16/h2-5,7H,6,16H2,1H3. The molecule has 2 rings (SSSR count). The minimum atomic E-state index is -0.301. The van der Waals surface area contributed by atoms with E-state index in [1.807, 2.05) is 0 Å². The van der Waals surface area contributed by atoms with Crippen molar-refractivity contribution in [2.24, 2.45) is 5.73 Å². The molecule has 0 saturated heterocycles. The van der Waals surface area contributed by atoms with E-state index in [4.69, 9.17) is 10.5 Å². The average Bonchev–Trinajstić information content (AvgIpc) is 2.34. The van der Waals surface area contributed by atoms with Crippen LogP contribution in [0.5, 0.6) is 11.5 Å². The van der Waals surface area contributed by atoms with Gasteiger partial charge in [0.05, 0.1) is 5.69 Å². The first-order chi connectivity index (χ1) is 8.60.